The van der Waals surface area contributed by atoms with Crippen molar-refractivity contribution < 1.29 is 8.42 Å². The largest absolute Gasteiger partial charge is 0.323 e. The van der Waals surface area contributed by atoms with Crippen LogP contribution in [0.3, 0.4) is 0 Å². The lowest BCUT2D eigenvalue weighted by Gasteiger charge is -2.13. The van der Waals surface area contributed by atoms with E-state index in [0.717, 1.165) is 16.0 Å². The van der Waals surface area contributed by atoms with Crippen molar-refractivity contribution in [1.29, 1.82) is 0 Å². The first-order chi connectivity index (χ1) is 9.40. The molecule has 1 heterocycles. The second kappa shape index (κ2) is 6.05. The highest BCUT2D eigenvalue weighted by Crippen LogP contribution is 2.25. The monoisotopic (exact) mass is 310 g/mol. The molecule has 0 aliphatic rings. The summed E-state index contributed by atoms with van der Waals surface area (Å²) in [6, 6.07) is 11.0. The van der Waals surface area contributed by atoms with Gasteiger partial charge < -0.3 is 5.73 Å². The smallest absolute Gasteiger partial charge is 0.250 e. The summed E-state index contributed by atoms with van der Waals surface area (Å²) < 4.78 is 27.4. The van der Waals surface area contributed by atoms with Gasteiger partial charge in [0.15, 0.2) is 0 Å². The molecule has 1 atom stereocenters. The van der Waals surface area contributed by atoms with Crippen LogP contribution in [0.2, 0.25) is 0 Å². The number of benzene rings is 1. The molecular weight excluding hydrogens is 292 g/mol. The maximum absolute atomic E-state index is 12.2. The van der Waals surface area contributed by atoms with Crippen molar-refractivity contribution in [3.63, 3.8) is 0 Å². The van der Waals surface area contributed by atoms with E-state index in [4.69, 9.17) is 5.73 Å². The molecule has 0 aliphatic carbocycles. The summed E-state index contributed by atoms with van der Waals surface area (Å²) in [6.07, 6.45) is 0. The van der Waals surface area contributed by atoms with Crippen molar-refractivity contribution in [2.45, 2.75) is 24.1 Å². The fourth-order valence-corrected chi connectivity index (χ4v) is 4.74. The Balaban J connectivity index is 2.08. The van der Waals surface area contributed by atoms with Gasteiger partial charge in [-0.25, -0.2) is 13.1 Å². The lowest BCUT2D eigenvalue weighted by molar-refractivity contribution is 0.574. The first-order valence-electron chi connectivity index (χ1n) is 6.27. The lowest BCUT2D eigenvalue weighted by atomic mass is 10.1. The minimum Gasteiger partial charge on any atom is -0.323 e. The van der Waals surface area contributed by atoms with Crippen LogP contribution in [-0.4, -0.2) is 15.0 Å². The Hall–Kier alpha value is -1.21. The maximum Gasteiger partial charge on any atom is 0.250 e. The number of rotatable bonds is 5. The molecule has 0 amide bonds. The van der Waals surface area contributed by atoms with Crippen LogP contribution in [0.1, 0.15) is 22.0 Å². The molecule has 3 N–H and O–H groups in total. The summed E-state index contributed by atoms with van der Waals surface area (Å²) in [5.74, 6) is 0. The molecule has 0 radical (unpaired) electrons. The normalized spacial score (nSPS) is 13.3. The molecule has 1 aromatic heterocycles. The second-order valence-electron chi connectivity index (χ2n) is 4.70. The third-order valence-electron chi connectivity index (χ3n) is 2.96. The van der Waals surface area contributed by atoms with Crippen molar-refractivity contribution in [2.75, 3.05) is 6.54 Å². The number of nitrogens with two attached hydrogens (primary N) is 1. The quantitative estimate of drug-likeness (QED) is 0.890. The standard InChI is InChI=1S/C14H18N2O2S2/c1-10-8-11(2)19-14(10)20(17,18)16-9-13(15)12-6-4-3-5-7-12/h3-8,13,16H,9,15H2,1-2H3. The van der Waals surface area contributed by atoms with Crippen molar-refractivity contribution in [3.8, 4) is 0 Å². The van der Waals surface area contributed by atoms with E-state index >= 15 is 0 Å². The van der Waals surface area contributed by atoms with Crippen molar-refractivity contribution in [3.05, 3.63) is 52.4 Å². The van der Waals surface area contributed by atoms with Gasteiger partial charge in [0.1, 0.15) is 4.21 Å². The van der Waals surface area contributed by atoms with Gasteiger partial charge in [-0.05, 0) is 31.0 Å². The number of sulfonamides is 1. The summed E-state index contributed by atoms with van der Waals surface area (Å²) in [4.78, 5) is 0.982. The van der Waals surface area contributed by atoms with Gasteiger partial charge in [-0.3, -0.25) is 0 Å². The van der Waals surface area contributed by atoms with Crippen molar-refractivity contribution in [2.24, 2.45) is 5.73 Å². The van der Waals surface area contributed by atoms with E-state index in [0.29, 0.717) is 4.21 Å². The third kappa shape index (κ3) is 3.46. The fraction of sp³-hybridized carbons (Fsp3) is 0.286. The second-order valence-corrected chi connectivity index (χ2v) is 7.92. The summed E-state index contributed by atoms with van der Waals surface area (Å²) in [7, 11) is -3.48. The first-order valence-corrected chi connectivity index (χ1v) is 8.57. The van der Waals surface area contributed by atoms with E-state index in [1.54, 1.807) is 6.92 Å². The highest BCUT2D eigenvalue weighted by atomic mass is 32.2. The third-order valence-corrected chi connectivity index (χ3v) is 6.17. The molecule has 1 aromatic carbocycles. The molecule has 0 saturated carbocycles. The predicted molar refractivity (Wildman–Crippen MR) is 82.4 cm³/mol. The molecular formula is C14H18N2O2S2. The molecule has 0 saturated heterocycles. The highest BCUT2D eigenvalue weighted by Gasteiger charge is 2.20. The van der Waals surface area contributed by atoms with Crippen LogP contribution in [-0.2, 0) is 10.0 Å². The van der Waals surface area contributed by atoms with Crippen LogP contribution in [0.25, 0.3) is 0 Å². The molecule has 108 valence electrons. The molecule has 0 aliphatic heterocycles. The van der Waals surface area contributed by atoms with Gasteiger partial charge in [0.25, 0.3) is 0 Å². The lowest BCUT2D eigenvalue weighted by Crippen LogP contribution is -2.31. The average Bonchev–Trinajstić information content (AvgIpc) is 2.77. The average molecular weight is 310 g/mol. The molecule has 20 heavy (non-hydrogen) atoms. The van der Waals surface area contributed by atoms with Gasteiger partial charge in [0.05, 0.1) is 0 Å². The van der Waals surface area contributed by atoms with Crippen LogP contribution < -0.4 is 10.5 Å². The minimum atomic E-state index is -3.48. The first kappa shape index (κ1) is 15.2. The fourth-order valence-electron chi connectivity index (χ4n) is 1.97. The summed E-state index contributed by atoms with van der Waals surface area (Å²) in [6.45, 7) is 3.88. The Labute approximate surface area is 123 Å². The minimum absolute atomic E-state index is 0.183. The van der Waals surface area contributed by atoms with Crippen LogP contribution in [0.15, 0.2) is 40.6 Å². The molecule has 2 aromatic rings. The maximum atomic E-state index is 12.2. The summed E-state index contributed by atoms with van der Waals surface area (Å²) >= 11 is 1.28. The highest BCUT2D eigenvalue weighted by molar-refractivity contribution is 7.91. The summed E-state index contributed by atoms with van der Waals surface area (Å²) in [5, 5.41) is 0. The number of aryl methyl sites for hydroxylation is 2. The van der Waals surface area contributed by atoms with Gasteiger partial charge in [-0.15, -0.1) is 11.3 Å². The number of hydrogen-bond acceptors (Lipinski definition) is 4. The van der Waals surface area contributed by atoms with Gasteiger partial charge in [-0.1, -0.05) is 30.3 Å². The Morgan fingerprint density at radius 1 is 1.25 bits per heavy atom. The van der Waals surface area contributed by atoms with Crippen LogP contribution in [0.5, 0.6) is 0 Å². The zero-order valence-electron chi connectivity index (χ0n) is 11.5. The van der Waals surface area contributed by atoms with E-state index in [9.17, 15) is 8.42 Å². The van der Waals surface area contributed by atoms with Crippen LogP contribution in [0.4, 0.5) is 0 Å². The Kier molecular flexibility index (Phi) is 4.59. The van der Waals surface area contributed by atoms with E-state index < -0.39 is 10.0 Å². The van der Waals surface area contributed by atoms with Gasteiger partial charge in [0.2, 0.25) is 10.0 Å². The van der Waals surface area contributed by atoms with E-state index in [2.05, 4.69) is 4.72 Å². The molecule has 6 heteroatoms. The topological polar surface area (TPSA) is 72.2 Å². The Morgan fingerprint density at radius 2 is 1.90 bits per heavy atom. The SMILES string of the molecule is Cc1cc(C)c(S(=O)(=O)NCC(N)c2ccccc2)s1. The van der Waals surface area contributed by atoms with Gasteiger partial charge in [-0.2, -0.15) is 0 Å². The van der Waals surface area contributed by atoms with Crippen LogP contribution in [0, 0.1) is 13.8 Å². The van der Waals surface area contributed by atoms with E-state index in [1.807, 2.05) is 43.3 Å². The Bertz CT molecular complexity index is 678. The van der Waals surface area contributed by atoms with Gasteiger partial charge in [0, 0.05) is 17.5 Å². The van der Waals surface area contributed by atoms with Crippen molar-refractivity contribution >= 4 is 21.4 Å². The molecule has 2 rings (SSSR count). The zero-order chi connectivity index (χ0) is 14.8. The zero-order valence-corrected chi connectivity index (χ0v) is 13.1. The number of hydrogen-bond donors (Lipinski definition) is 2. The summed E-state index contributed by atoms with van der Waals surface area (Å²) in [5.41, 5.74) is 7.68. The van der Waals surface area contributed by atoms with Crippen molar-refractivity contribution in [1.82, 2.24) is 4.72 Å². The molecule has 0 spiro atoms. The molecule has 0 fully saturated rings. The van der Waals surface area contributed by atoms with Crippen LogP contribution >= 0.6 is 11.3 Å². The van der Waals surface area contributed by atoms with E-state index in [1.165, 1.54) is 11.3 Å². The number of nitrogens with one attached hydrogen (secondary N) is 1. The Morgan fingerprint density at radius 3 is 2.45 bits per heavy atom. The van der Waals surface area contributed by atoms with Gasteiger partial charge >= 0.3 is 0 Å². The van der Waals surface area contributed by atoms with E-state index in [-0.39, 0.29) is 12.6 Å². The molecule has 4 nitrogen and oxygen atoms in total. The predicted octanol–water partition coefficient (Wildman–Crippen LogP) is 2.34. The molecule has 0 bridgehead atoms. The number of thiophene rings is 1. The molecule has 1 unspecified atom stereocenters.